The van der Waals surface area contributed by atoms with Crippen molar-refractivity contribution < 1.29 is 4.42 Å². The molecule has 11 rings (SSSR count). The summed E-state index contributed by atoms with van der Waals surface area (Å²) in [7, 11) is 0. The van der Waals surface area contributed by atoms with Crippen molar-refractivity contribution >= 4 is 65.0 Å². The third kappa shape index (κ3) is 5.07. The average molecular weight is 709 g/mol. The van der Waals surface area contributed by atoms with Gasteiger partial charge in [-0.15, -0.1) is 11.3 Å². The molecule has 8 aromatic carbocycles. The lowest BCUT2D eigenvalue weighted by Gasteiger charge is -2.13. The van der Waals surface area contributed by atoms with Gasteiger partial charge in [0.25, 0.3) is 0 Å². The SMILES string of the molecule is c1ccc(-c2nc(-c3cc(-c4ccccc4)c4ccccc4c3)nc(-c3c4sc(-c5ccc6ccccc6c5)nc4cc4oc5ccccc5c34)n2)cc1. The van der Waals surface area contributed by atoms with Gasteiger partial charge in [-0.3, -0.25) is 0 Å². The Hall–Kier alpha value is -7.02. The van der Waals surface area contributed by atoms with Crippen LogP contribution in [0.3, 0.4) is 0 Å². The molecular weight excluding hydrogens is 681 g/mol. The Kier molecular flexibility index (Phi) is 6.97. The summed E-state index contributed by atoms with van der Waals surface area (Å²) in [4.78, 5) is 21.0. The van der Waals surface area contributed by atoms with E-state index in [1.54, 1.807) is 11.3 Å². The van der Waals surface area contributed by atoms with Crippen molar-refractivity contribution in [3.63, 3.8) is 0 Å². The zero-order valence-corrected chi connectivity index (χ0v) is 29.6. The van der Waals surface area contributed by atoms with Gasteiger partial charge in [-0.05, 0) is 56.9 Å². The second kappa shape index (κ2) is 12.3. The van der Waals surface area contributed by atoms with Crippen molar-refractivity contribution in [2.24, 2.45) is 0 Å². The summed E-state index contributed by atoms with van der Waals surface area (Å²) in [5.41, 5.74) is 8.42. The fourth-order valence-corrected chi connectivity index (χ4v) is 8.65. The van der Waals surface area contributed by atoms with Gasteiger partial charge >= 0.3 is 0 Å². The maximum Gasteiger partial charge on any atom is 0.166 e. The quantitative estimate of drug-likeness (QED) is 0.178. The van der Waals surface area contributed by atoms with Crippen LogP contribution in [0.2, 0.25) is 0 Å². The average Bonchev–Trinajstić information content (AvgIpc) is 3.84. The predicted octanol–water partition coefficient (Wildman–Crippen LogP) is 13.0. The van der Waals surface area contributed by atoms with Crippen molar-refractivity contribution in [3.05, 3.63) is 170 Å². The molecule has 0 fully saturated rings. The van der Waals surface area contributed by atoms with Crippen LogP contribution in [0.1, 0.15) is 0 Å². The molecule has 11 aromatic rings. The molecular formula is C48H28N4OS. The van der Waals surface area contributed by atoms with E-state index in [1.807, 2.05) is 54.6 Å². The first-order valence-corrected chi connectivity index (χ1v) is 18.7. The van der Waals surface area contributed by atoms with Crippen molar-refractivity contribution in [2.45, 2.75) is 0 Å². The highest BCUT2D eigenvalue weighted by molar-refractivity contribution is 7.22. The van der Waals surface area contributed by atoms with E-state index in [1.165, 1.54) is 16.2 Å². The van der Waals surface area contributed by atoms with Gasteiger partial charge < -0.3 is 4.42 Å². The summed E-state index contributed by atoms with van der Waals surface area (Å²) >= 11 is 1.66. The van der Waals surface area contributed by atoms with Crippen molar-refractivity contribution in [1.82, 2.24) is 19.9 Å². The third-order valence-corrected chi connectivity index (χ3v) is 11.3. The van der Waals surface area contributed by atoms with Crippen molar-refractivity contribution in [3.8, 4) is 55.9 Å². The first kappa shape index (κ1) is 30.6. The molecule has 0 saturated heterocycles. The van der Waals surface area contributed by atoms with Crippen LogP contribution in [0.4, 0.5) is 0 Å². The van der Waals surface area contributed by atoms with Gasteiger partial charge in [0.15, 0.2) is 17.5 Å². The zero-order valence-electron chi connectivity index (χ0n) is 28.8. The normalized spacial score (nSPS) is 11.7. The van der Waals surface area contributed by atoms with E-state index in [-0.39, 0.29) is 0 Å². The highest BCUT2D eigenvalue weighted by atomic mass is 32.1. The number of rotatable bonds is 5. The van der Waals surface area contributed by atoms with Gasteiger partial charge in [0, 0.05) is 33.5 Å². The van der Waals surface area contributed by atoms with Crippen LogP contribution in [0.15, 0.2) is 174 Å². The third-order valence-electron chi connectivity index (χ3n) is 10.1. The van der Waals surface area contributed by atoms with Gasteiger partial charge in [-0.2, -0.15) is 0 Å². The number of thiazole rings is 1. The van der Waals surface area contributed by atoms with Crippen molar-refractivity contribution in [2.75, 3.05) is 0 Å². The number of para-hydroxylation sites is 1. The highest BCUT2D eigenvalue weighted by Gasteiger charge is 2.24. The summed E-state index contributed by atoms with van der Waals surface area (Å²) in [5.74, 6) is 1.77. The molecule has 0 saturated carbocycles. The Morgan fingerprint density at radius 1 is 0.407 bits per heavy atom. The Balaban J connectivity index is 1.21. The number of fused-ring (bicyclic) bond motifs is 6. The molecule has 0 unspecified atom stereocenters. The molecule has 0 radical (unpaired) electrons. The van der Waals surface area contributed by atoms with Crippen molar-refractivity contribution in [1.29, 1.82) is 0 Å². The Bertz CT molecular complexity index is 3220. The fourth-order valence-electron chi connectivity index (χ4n) is 7.56. The minimum atomic E-state index is 0.573. The van der Waals surface area contributed by atoms with E-state index < -0.39 is 0 Å². The number of aromatic nitrogens is 4. The molecule has 3 heterocycles. The highest BCUT2D eigenvalue weighted by Crippen LogP contribution is 2.45. The molecule has 5 nitrogen and oxygen atoms in total. The summed E-state index contributed by atoms with van der Waals surface area (Å²) in [6.07, 6.45) is 0. The minimum absolute atomic E-state index is 0.573. The first-order valence-electron chi connectivity index (χ1n) is 17.9. The number of benzene rings is 8. The second-order valence-corrected chi connectivity index (χ2v) is 14.4. The number of nitrogens with zero attached hydrogens (tertiary/aromatic N) is 4. The molecule has 54 heavy (non-hydrogen) atoms. The van der Waals surface area contributed by atoms with E-state index in [0.29, 0.717) is 17.5 Å². The second-order valence-electron chi connectivity index (χ2n) is 13.4. The van der Waals surface area contributed by atoms with Crippen LogP contribution < -0.4 is 0 Å². The Labute approximate surface area is 313 Å². The molecule has 0 aliphatic carbocycles. The molecule has 0 spiro atoms. The first-order chi connectivity index (χ1) is 26.7. The Morgan fingerprint density at radius 2 is 1.04 bits per heavy atom. The van der Waals surface area contributed by atoms with Gasteiger partial charge in [0.2, 0.25) is 0 Å². The van der Waals surface area contributed by atoms with Crippen LogP contribution in [0.25, 0.3) is 110 Å². The lowest BCUT2D eigenvalue weighted by Crippen LogP contribution is -2.01. The molecule has 0 amide bonds. The standard InChI is InChI=1S/C48H28N4OS/c1-3-14-30(15-4-1)38-27-35(26-33-19-9-10-20-36(33)38)46-50-45(31-16-5-2-6-17-31)51-47(52-46)43-42-37-21-11-12-22-40(37)53-41(42)28-39-44(43)54-48(49-39)34-24-23-29-13-7-8-18-32(29)25-34/h1-28H. The monoisotopic (exact) mass is 708 g/mol. The Morgan fingerprint density at radius 3 is 1.85 bits per heavy atom. The lowest BCUT2D eigenvalue weighted by atomic mass is 9.95. The van der Waals surface area contributed by atoms with E-state index in [2.05, 4.69) is 115 Å². The smallest absolute Gasteiger partial charge is 0.166 e. The largest absolute Gasteiger partial charge is 0.456 e. The topological polar surface area (TPSA) is 64.7 Å². The lowest BCUT2D eigenvalue weighted by molar-refractivity contribution is 0.669. The molecule has 6 heteroatoms. The summed E-state index contributed by atoms with van der Waals surface area (Å²) in [6.45, 7) is 0. The van der Waals surface area contributed by atoms with Crippen LogP contribution in [-0.4, -0.2) is 19.9 Å². The van der Waals surface area contributed by atoms with E-state index in [4.69, 9.17) is 24.4 Å². The molecule has 0 aliphatic heterocycles. The summed E-state index contributed by atoms with van der Waals surface area (Å²) in [5, 5.41) is 7.55. The van der Waals surface area contributed by atoms with Crippen LogP contribution in [0, 0.1) is 0 Å². The molecule has 0 bridgehead atoms. The molecule has 0 aliphatic rings. The number of hydrogen-bond donors (Lipinski definition) is 0. The van der Waals surface area contributed by atoms with Gasteiger partial charge in [-0.25, -0.2) is 19.9 Å². The van der Waals surface area contributed by atoms with Crippen LogP contribution in [0.5, 0.6) is 0 Å². The minimum Gasteiger partial charge on any atom is -0.456 e. The van der Waals surface area contributed by atoms with Gasteiger partial charge in [0.1, 0.15) is 16.2 Å². The van der Waals surface area contributed by atoms with Crippen LogP contribution >= 0.6 is 11.3 Å². The maximum absolute atomic E-state index is 6.53. The van der Waals surface area contributed by atoms with Crippen LogP contribution in [-0.2, 0) is 0 Å². The van der Waals surface area contributed by atoms with Gasteiger partial charge in [0.05, 0.1) is 15.8 Å². The maximum atomic E-state index is 6.53. The zero-order chi connectivity index (χ0) is 35.6. The predicted molar refractivity (Wildman–Crippen MR) is 222 cm³/mol. The number of hydrogen-bond acceptors (Lipinski definition) is 6. The fraction of sp³-hybridized carbons (Fsp3) is 0. The number of furan rings is 1. The molecule has 3 aromatic heterocycles. The molecule has 0 atom stereocenters. The van der Waals surface area contributed by atoms with E-state index in [9.17, 15) is 0 Å². The molecule has 252 valence electrons. The van der Waals surface area contributed by atoms with E-state index in [0.717, 1.165) is 75.9 Å². The van der Waals surface area contributed by atoms with Gasteiger partial charge in [-0.1, -0.05) is 140 Å². The summed E-state index contributed by atoms with van der Waals surface area (Å²) < 4.78 is 7.53. The molecule has 0 N–H and O–H groups in total. The summed E-state index contributed by atoms with van der Waals surface area (Å²) in [6, 6.07) is 58.7. The van der Waals surface area contributed by atoms with E-state index >= 15 is 0 Å².